The molecule has 0 radical (unpaired) electrons. The summed E-state index contributed by atoms with van der Waals surface area (Å²) < 4.78 is 23.3. The summed E-state index contributed by atoms with van der Waals surface area (Å²) in [6.07, 6.45) is 1.74. The van der Waals surface area contributed by atoms with Crippen LogP contribution in [0.4, 0.5) is 0 Å². The third-order valence-electron chi connectivity index (χ3n) is 3.18. The highest BCUT2D eigenvalue weighted by Gasteiger charge is 2.31. The highest BCUT2D eigenvalue weighted by Crippen LogP contribution is 2.19. The van der Waals surface area contributed by atoms with Gasteiger partial charge in [0.15, 0.2) is 0 Å². The van der Waals surface area contributed by atoms with Crippen LogP contribution in [0.5, 0.6) is 0 Å². The van der Waals surface area contributed by atoms with Crippen LogP contribution in [0, 0.1) is 0 Å². The number of carboxylic acids is 1. The molecule has 0 atom stereocenters. The van der Waals surface area contributed by atoms with Gasteiger partial charge in [-0.2, -0.15) is 4.31 Å². The highest BCUT2D eigenvalue weighted by molar-refractivity contribution is 7.88. The summed E-state index contributed by atoms with van der Waals surface area (Å²) >= 11 is 0. The molecule has 0 saturated carbocycles. The molecule has 19 heavy (non-hydrogen) atoms. The molecule has 0 bridgehead atoms. The van der Waals surface area contributed by atoms with Gasteiger partial charge in [0.1, 0.15) is 0 Å². The number of hydrogen-bond donors (Lipinski definition) is 2. The first-order valence-corrected chi connectivity index (χ1v) is 7.85. The van der Waals surface area contributed by atoms with Crippen LogP contribution in [0.25, 0.3) is 0 Å². The van der Waals surface area contributed by atoms with Crippen molar-refractivity contribution in [2.24, 2.45) is 0 Å². The van der Waals surface area contributed by atoms with E-state index in [0.717, 1.165) is 10.6 Å². The van der Waals surface area contributed by atoms with Crippen LogP contribution < -0.4 is 5.32 Å². The average Bonchev–Trinajstić information content (AvgIpc) is 2.25. The van der Waals surface area contributed by atoms with Crippen molar-refractivity contribution >= 4 is 21.9 Å². The fraction of sp³-hybridized carbons (Fsp3) is 0.818. The fourth-order valence-electron chi connectivity index (χ4n) is 1.67. The monoisotopic (exact) mass is 294 g/mol. The minimum absolute atomic E-state index is 0.186. The zero-order valence-corrected chi connectivity index (χ0v) is 12.6. The lowest BCUT2D eigenvalue weighted by atomic mass is 9.89. The van der Waals surface area contributed by atoms with E-state index < -0.39 is 27.4 Å². The smallest absolute Gasteiger partial charge is 0.305 e. The van der Waals surface area contributed by atoms with Gasteiger partial charge in [-0.05, 0) is 12.8 Å². The maximum atomic E-state index is 11.8. The quantitative estimate of drug-likeness (QED) is 0.657. The Labute approximate surface area is 114 Å². The molecule has 7 nitrogen and oxygen atoms in total. The van der Waals surface area contributed by atoms with E-state index in [4.69, 9.17) is 5.11 Å². The van der Waals surface area contributed by atoms with E-state index in [1.165, 1.54) is 7.05 Å². The summed E-state index contributed by atoms with van der Waals surface area (Å²) in [5, 5.41) is 11.5. The summed E-state index contributed by atoms with van der Waals surface area (Å²) in [6, 6.07) is 0. The van der Waals surface area contributed by atoms with Crippen LogP contribution in [-0.2, 0) is 19.6 Å². The van der Waals surface area contributed by atoms with Crippen LogP contribution in [0.15, 0.2) is 0 Å². The molecule has 0 aliphatic heterocycles. The maximum Gasteiger partial charge on any atom is 0.305 e. The maximum absolute atomic E-state index is 11.8. The third kappa shape index (κ3) is 6.02. The Balaban J connectivity index is 4.78. The number of rotatable bonds is 8. The second-order valence-corrected chi connectivity index (χ2v) is 6.71. The molecule has 0 heterocycles. The molecule has 0 saturated heterocycles. The minimum atomic E-state index is -3.43. The van der Waals surface area contributed by atoms with Gasteiger partial charge >= 0.3 is 5.97 Å². The van der Waals surface area contributed by atoms with Crippen LogP contribution in [0.1, 0.15) is 33.1 Å². The van der Waals surface area contributed by atoms with Gasteiger partial charge < -0.3 is 10.4 Å². The molecule has 0 aromatic carbocycles. The second kappa shape index (κ2) is 6.85. The van der Waals surface area contributed by atoms with Crippen LogP contribution in [0.2, 0.25) is 0 Å². The Bertz CT molecular complexity index is 428. The summed E-state index contributed by atoms with van der Waals surface area (Å²) in [7, 11) is -2.14. The van der Waals surface area contributed by atoms with E-state index in [-0.39, 0.29) is 13.0 Å². The van der Waals surface area contributed by atoms with Gasteiger partial charge in [-0.25, -0.2) is 8.42 Å². The van der Waals surface area contributed by atoms with Crippen molar-refractivity contribution in [3.8, 4) is 0 Å². The fourth-order valence-corrected chi connectivity index (χ4v) is 2.02. The summed E-state index contributed by atoms with van der Waals surface area (Å²) in [6.45, 7) is 3.25. The lowest BCUT2D eigenvalue weighted by Gasteiger charge is -2.32. The predicted octanol–water partition coefficient (Wildman–Crippen LogP) is 0.0275. The van der Waals surface area contributed by atoms with Crippen molar-refractivity contribution in [2.45, 2.75) is 38.6 Å². The first-order chi connectivity index (χ1) is 8.56. The molecule has 0 unspecified atom stereocenters. The number of carbonyl (C=O) groups is 2. The molecule has 2 N–H and O–H groups in total. The molecule has 0 fully saturated rings. The molecule has 0 rings (SSSR count). The van der Waals surface area contributed by atoms with E-state index in [9.17, 15) is 18.0 Å². The van der Waals surface area contributed by atoms with Gasteiger partial charge in [0, 0.05) is 12.6 Å². The Kier molecular flexibility index (Phi) is 6.44. The molecule has 8 heteroatoms. The third-order valence-corrected chi connectivity index (χ3v) is 4.44. The molecule has 0 spiro atoms. The number of hydrogen-bond acceptors (Lipinski definition) is 4. The number of carboxylic acid groups (broad SMARTS) is 1. The lowest BCUT2D eigenvalue weighted by Crippen LogP contribution is -2.52. The molecule has 0 aromatic heterocycles. The van der Waals surface area contributed by atoms with Gasteiger partial charge in [-0.3, -0.25) is 9.59 Å². The summed E-state index contributed by atoms with van der Waals surface area (Å²) in [5.74, 6) is -1.50. The summed E-state index contributed by atoms with van der Waals surface area (Å²) in [4.78, 5) is 22.6. The van der Waals surface area contributed by atoms with Crippen molar-refractivity contribution in [2.75, 3.05) is 19.8 Å². The van der Waals surface area contributed by atoms with Crippen molar-refractivity contribution < 1.29 is 23.1 Å². The number of aliphatic carboxylic acids is 1. The molecule has 112 valence electrons. The van der Waals surface area contributed by atoms with E-state index in [1.54, 1.807) is 13.8 Å². The van der Waals surface area contributed by atoms with E-state index in [2.05, 4.69) is 5.32 Å². The molecule has 1 amide bonds. The van der Waals surface area contributed by atoms with Crippen LogP contribution in [0.3, 0.4) is 0 Å². The Hall–Kier alpha value is -1.15. The zero-order valence-electron chi connectivity index (χ0n) is 11.8. The van der Waals surface area contributed by atoms with Crippen molar-refractivity contribution in [3.63, 3.8) is 0 Å². The molecule has 0 aliphatic carbocycles. The number of nitrogens with one attached hydrogen (secondary N) is 1. The molecular formula is C11H22N2O5S. The average molecular weight is 294 g/mol. The van der Waals surface area contributed by atoms with Crippen LogP contribution in [-0.4, -0.2) is 55.1 Å². The number of carbonyl (C=O) groups excluding carboxylic acids is 1. The van der Waals surface area contributed by atoms with Gasteiger partial charge in [-0.15, -0.1) is 0 Å². The molecule has 0 aromatic rings. The van der Waals surface area contributed by atoms with Crippen LogP contribution >= 0.6 is 0 Å². The molecular weight excluding hydrogens is 272 g/mol. The SMILES string of the molecule is CCC(CC)(CC(=O)O)NC(=O)CN(C)S(C)(=O)=O. The zero-order chi connectivity index (χ0) is 15.3. The highest BCUT2D eigenvalue weighted by atomic mass is 32.2. The first-order valence-electron chi connectivity index (χ1n) is 6.00. The lowest BCUT2D eigenvalue weighted by molar-refractivity contribution is -0.139. The number of sulfonamides is 1. The van der Waals surface area contributed by atoms with E-state index >= 15 is 0 Å². The Morgan fingerprint density at radius 3 is 2.05 bits per heavy atom. The summed E-state index contributed by atoms with van der Waals surface area (Å²) in [5.41, 5.74) is -0.832. The number of nitrogens with zero attached hydrogens (tertiary/aromatic N) is 1. The Morgan fingerprint density at radius 2 is 1.74 bits per heavy atom. The molecule has 0 aliphatic rings. The van der Waals surface area contributed by atoms with Crippen molar-refractivity contribution in [1.82, 2.24) is 9.62 Å². The number of amides is 1. The van der Waals surface area contributed by atoms with E-state index in [1.807, 2.05) is 0 Å². The normalized spacial score (nSPS) is 12.5. The second-order valence-electron chi connectivity index (χ2n) is 4.63. The standard InChI is InChI=1S/C11H22N2O5S/c1-5-11(6-2,7-10(15)16)12-9(14)8-13(3)19(4,17)18/h5-8H2,1-4H3,(H,12,14)(H,15,16). The number of likely N-dealkylation sites (N-methyl/N-ethyl adjacent to an activating group) is 1. The minimum Gasteiger partial charge on any atom is -0.481 e. The van der Waals surface area contributed by atoms with Gasteiger partial charge in [0.25, 0.3) is 0 Å². The van der Waals surface area contributed by atoms with Gasteiger partial charge in [0.05, 0.1) is 19.2 Å². The Morgan fingerprint density at radius 1 is 1.26 bits per heavy atom. The first kappa shape index (κ1) is 17.8. The van der Waals surface area contributed by atoms with E-state index in [0.29, 0.717) is 12.8 Å². The van der Waals surface area contributed by atoms with Gasteiger partial charge in [-0.1, -0.05) is 13.8 Å². The van der Waals surface area contributed by atoms with Crippen molar-refractivity contribution in [1.29, 1.82) is 0 Å². The topological polar surface area (TPSA) is 104 Å². The van der Waals surface area contributed by atoms with Crippen molar-refractivity contribution in [3.05, 3.63) is 0 Å². The largest absolute Gasteiger partial charge is 0.481 e. The van der Waals surface area contributed by atoms with Gasteiger partial charge in [0.2, 0.25) is 15.9 Å². The predicted molar refractivity (Wildman–Crippen MR) is 71.2 cm³/mol.